The third kappa shape index (κ3) is 5.05. The van der Waals surface area contributed by atoms with E-state index in [0.29, 0.717) is 34.8 Å². The number of hydrazine groups is 1. The van der Waals surface area contributed by atoms with E-state index in [2.05, 4.69) is 53.6 Å². The lowest BCUT2D eigenvalue weighted by Crippen LogP contribution is -2.51. The number of alkyl halides is 1. The van der Waals surface area contributed by atoms with Crippen LogP contribution in [0.25, 0.3) is 0 Å². The molecule has 0 radical (unpaired) electrons. The van der Waals surface area contributed by atoms with Crippen LogP contribution in [-0.2, 0) is 4.79 Å². The van der Waals surface area contributed by atoms with E-state index in [-0.39, 0.29) is 41.8 Å². The Balaban J connectivity index is 1.41. The molecule has 4 fully saturated rings. The molecule has 6 unspecified atom stereocenters. The molecule has 5 rings (SSSR count). The van der Waals surface area contributed by atoms with Gasteiger partial charge in [0.1, 0.15) is 0 Å². The predicted octanol–water partition coefficient (Wildman–Crippen LogP) is 3.21. The number of aliphatic hydroxyl groups excluding tert-OH is 1. The Labute approximate surface area is 213 Å². The van der Waals surface area contributed by atoms with Gasteiger partial charge in [0, 0.05) is 28.3 Å². The van der Waals surface area contributed by atoms with Gasteiger partial charge in [-0.15, -0.1) is 23.4 Å². The first kappa shape index (κ1) is 25.3. The molecule has 192 valence electrons. The summed E-state index contributed by atoms with van der Waals surface area (Å²) in [7, 11) is 0. The Morgan fingerprint density at radius 2 is 1.82 bits per heavy atom. The highest BCUT2D eigenvalue weighted by molar-refractivity contribution is 8.00. The van der Waals surface area contributed by atoms with E-state index in [9.17, 15) is 9.90 Å². The molecule has 2 saturated carbocycles. The normalized spacial score (nSPS) is 47.4. The molecule has 2 saturated heterocycles. The fraction of sp³-hybridized carbons (Fsp3) is 0.920. The second-order valence-electron chi connectivity index (χ2n) is 11.3. The van der Waals surface area contributed by atoms with E-state index in [1.165, 1.54) is 5.71 Å². The summed E-state index contributed by atoms with van der Waals surface area (Å²) in [5.41, 5.74) is 8.31. The molecule has 34 heavy (non-hydrogen) atoms. The van der Waals surface area contributed by atoms with Crippen LogP contribution in [0.1, 0.15) is 78.6 Å². The summed E-state index contributed by atoms with van der Waals surface area (Å²) >= 11 is 8.56. The minimum atomic E-state index is -0.213. The van der Waals surface area contributed by atoms with Crippen LogP contribution in [0, 0.1) is 17.8 Å². The van der Waals surface area contributed by atoms with Crippen molar-refractivity contribution >= 4 is 35.0 Å². The predicted molar refractivity (Wildman–Crippen MR) is 139 cm³/mol. The van der Waals surface area contributed by atoms with Crippen LogP contribution in [0.5, 0.6) is 0 Å². The minimum absolute atomic E-state index is 0.00768. The number of rotatable bonds is 4. The highest BCUT2D eigenvalue weighted by atomic mass is 35.5. The first-order valence-electron chi connectivity index (χ1n) is 13.4. The molecule has 3 heterocycles. The van der Waals surface area contributed by atoms with Crippen LogP contribution in [0.2, 0.25) is 0 Å². The molecular formula is C25H42ClN5O2S. The Bertz CT molecular complexity index is 770. The average Bonchev–Trinajstić information content (AvgIpc) is 3.28. The van der Waals surface area contributed by atoms with Crippen molar-refractivity contribution in [1.82, 2.24) is 21.1 Å². The number of thioether (sulfide) groups is 1. The second kappa shape index (κ2) is 10.5. The zero-order chi connectivity index (χ0) is 24.0. The maximum absolute atomic E-state index is 13.2. The van der Waals surface area contributed by atoms with Gasteiger partial charge in [0.25, 0.3) is 0 Å². The fourth-order valence-electron chi connectivity index (χ4n) is 6.85. The van der Waals surface area contributed by atoms with Gasteiger partial charge < -0.3 is 10.4 Å². The molecule has 7 nitrogen and oxygen atoms in total. The van der Waals surface area contributed by atoms with Crippen molar-refractivity contribution in [2.24, 2.45) is 22.7 Å². The largest absolute Gasteiger partial charge is 0.393 e. The number of aliphatic hydroxyl groups is 1. The standard InChI is InChI=1S/C25H42ClN5O2S/c1-13-14(2)34-25-22(13)23(16-4-6-17(26)7-5-16)28-20(24-30-29-15(3)31(24)25)12-21(33)27-18-8-10-19(32)11-9-18/h13-20,22,24-25,29-30,32H,4-12H2,1-3H3,(H,27,33)/t13?,14?,15?,16?,17?,18?,19?,20-,22?,24?,25?/m0/s1. The van der Waals surface area contributed by atoms with Gasteiger partial charge in [0.05, 0.1) is 36.3 Å². The summed E-state index contributed by atoms with van der Waals surface area (Å²) in [5.74, 6) is 1.53. The highest BCUT2D eigenvalue weighted by Gasteiger charge is 2.54. The summed E-state index contributed by atoms with van der Waals surface area (Å²) < 4.78 is 0. The van der Waals surface area contributed by atoms with Crippen LogP contribution in [-0.4, -0.2) is 68.1 Å². The van der Waals surface area contributed by atoms with Gasteiger partial charge >= 0.3 is 0 Å². The van der Waals surface area contributed by atoms with Crippen molar-refractivity contribution in [1.29, 1.82) is 0 Å². The van der Waals surface area contributed by atoms with E-state index < -0.39 is 0 Å². The first-order valence-corrected chi connectivity index (χ1v) is 14.8. The SMILES string of the molecule is CC1SC2C(C(C3CCC(Cl)CC3)=N[C@@H](CC(=O)NC3CCC(O)CC3)C3NNC(C)N23)C1C. The first-order chi connectivity index (χ1) is 16.3. The van der Waals surface area contributed by atoms with Crippen molar-refractivity contribution in [3.8, 4) is 0 Å². The molecular weight excluding hydrogens is 470 g/mol. The number of fused-ring (bicyclic) bond motifs is 3. The monoisotopic (exact) mass is 511 g/mol. The van der Waals surface area contributed by atoms with E-state index in [0.717, 1.165) is 51.4 Å². The number of hydrogen-bond acceptors (Lipinski definition) is 7. The van der Waals surface area contributed by atoms with Gasteiger partial charge in [-0.25, -0.2) is 10.9 Å². The van der Waals surface area contributed by atoms with Crippen LogP contribution < -0.4 is 16.2 Å². The zero-order valence-electron chi connectivity index (χ0n) is 20.8. The molecule has 9 heteroatoms. The Morgan fingerprint density at radius 3 is 2.53 bits per heavy atom. The zero-order valence-corrected chi connectivity index (χ0v) is 22.3. The topological polar surface area (TPSA) is 89.0 Å². The van der Waals surface area contributed by atoms with Crippen LogP contribution in [0.15, 0.2) is 4.99 Å². The quantitative estimate of drug-likeness (QED) is 0.433. The van der Waals surface area contributed by atoms with Gasteiger partial charge in [-0.3, -0.25) is 14.7 Å². The number of hydrogen-bond donors (Lipinski definition) is 4. The van der Waals surface area contributed by atoms with Crippen molar-refractivity contribution in [2.45, 2.75) is 125 Å². The number of amides is 1. The lowest BCUT2D eigenvalue weighted by molar-refractivity contribution is -0.122. The lowest BCUT2D eigenvalue weighted by Gasteiger charge is -2.36. The smallest absolute Gasteiger partial charge is 0.222 e. The molecule has 0 bridgehead atoms. The maximum Gasteiger partial charge on any atom is 0.222 e. The van der Waals surface area contributed by atoms with Gasteiger partial charge in [-0.1, -0.05) is 13.8 Å². The molecule has 2 aliphatic carbocycles. The van der Waals surface area contributed by atoms with Crippen molar-refractivity contribution in [2.75, 3.05) is 0 Å². The maximum atomic E-state index is 13.2. The molecule has 7 atom stereocenters. The number of carbonyl (C=O) groups excluding carboxylic acids is 1. The van der Waals surface area contributed by atoms with Crippen molar-refractivity contribution < 1.29 is 9.90 Å². The van der Waals surface area contributed by atoms with Crippen molar-refractivity contribution in [3.63, 3.8) is 0 Å². The molecule has 0 aromatic rings. The highest BCUT2D eigenvalue weighted by Crippen LogP contribution is 2.50. The number of carbonyl (C=O) groups is 1. The van der Waals surface area contributed by atoms with Gasteiger partial charge in [-0.05, 0) is 70.1 Å². The molecule has 0 spiro atoms. The third-order valence-corrected chi connectivity index (χ3v) is 11.1. The second-order valence-corrected chi connectivity index (χ2v) is 13.4. The lowest BCUT2D eigenvalue weighted by atomic mass is 9.76. The van der Waals surface area contributed by atoms with E-state index in [1.807, 2.05) is 0 Å². The van der Waals surface area contributed by atoms with Crippen LogP contribution in [0.3, 0.4) is 0 Å². The summed E-state index contributed by atoms with van der Waals surface area (Å²) in [5, 5.41) is 14.3. The molecule has 1 amide bonds. The summed E-state index contributed by atoms with van der Waals surface area (Å²) in [6.07, 6.45) is 7.98. The number of halogens is 1. The van der Waals surface area contributed by atoms with Gasteiger partial charge in [0.15, 0.2) is 0 Å². The van der Waals surface area contributed by atoms with E-state index >= 15 is 0 Å². The third-order valence-electron chi connectivity index (χ3n) is 9.02. The Morgan fingerprint density at radius 1 is 1.12 bits per heavy atom. The molecule has 4 N–H and O–H groups in total. The number of nitrogens with one attached hydrogen (secondary N) is 3. The van der Waals surface area contributed by atoms with Crippen LogP contribution >= 0.6 is 23.4 Å². The molecule has 0 aromatic heterocycles. The summed E-state index contributed by atoms with van der Waals surface area (Å²) in [6, 6.07) is 0.0497. The average molecular weight is 512 g/mol. The van der Waals surface area contributed by atoms with E-state index in [1.54, 1.807) is 0 Å². The Kier molecular flexibility index (Phi) is 7.84. The number of aliphatic imine (C=N–C) groups is 1. The summed E-state index contributed by atoms with van der Waals surface area (Å²) in [6.45, 7) is 6.97. The molecule has 3 aliphatic heterocycles. The van der Waals surface area contributed by atoms with Gasteiger partial charge in [-0.2, -0.15) is 0 Å². The molecule has 5 aliphatic rings. The number of nitrogens with zero attached hydrogens (tertiary/aromatic N) is 2. The molecule has 0 aromatic carbocycles. The van der Waals surface area contributed by atoms with Crippen LogP contribution in [0.4, 0.5) is 0 Å². The minimum Gasteiger partial charge on any atom is -0.393 e. The van der Waals surface area contributed by atoms with Gasteiger partial charge in [0.2, 0.25) is 5.91 Å². The van der Waals surface area contributed by atoms with Crippen molar-refractivity contribution in [3.05, 3.63) is 0 Å². The van der Waals surface area contributed by atoms with E-state index in [4.69, 9.17) is 16.6 Å². The Hall–Kier alpha value is -0.380. The fourth-order valence-corrected chi connectivity index (χ4v) is 8.97. The summed E-state index contributed by atoms with van der Waals surface area (Å²) in [4.78, 5) is 21.3.